The second kappa shape index (κ2) is 6.91. The Morgan fingerprint density at radius 3 is 2.91 bits per heavy atom. The topological polar surface area (TPSA) is 57.6 Å². The zero-order valence-electron chi connectivity index (χ0n) is 13.1. The molecule has 23 heavy (non-hydrogen) atoms. The number of likely N-dealkylation sites (tertiary alicyclic amines) is 1. The molecule has 1 saturated heterocycles. The predicted octanol–water partition coefficient (Wildman–Crippen LogP) is 3.55. The highest BCUT2D eigenvalue weighted by atomic mass is 35.5. The van der Waals surface area contributed by atoms with Gasteiger partial charge in [0.05, 0.1) is 0 Å². The minimum Gasteiger partial charge on any atom is -0.481 e. The van der Waals surface area contributed by atoms with Crippen molar-refractivity contribution >= 4 is 23.5 Å². The van der Waals surface area contributed by atoms with Gasteiger partial charge in [0.15, 0.2) is 0 Å². The monoisotopic (exact) mass is 335 g/mol. The number of piperidine rings is 1. The molecule has 2 aliphatic rings. The van der Waals surface area contributed by atoms with Gasteiger partial charge in [0.2, 0.25) is 5.91 Å². The van der Waals surface area contributed by atoms with Crippen molar-refractivity contribution in [3.05, 3.63) is 34.9 Å². The van der Waals surface area contributed by atoms with Crippen LogP contribution in [0, 0.1) is 11.8 Å². The van der Waals surface area contributed by atoms with Crippen LogP contribution >= 0.6 is 11.6 Å². The molecule has 1 aromatic carbocycles. The summed E-state index contributed by atoms with van der Waals surface area (Å²) in [5, 5.41) is 9.52. The van der Waals surface area contributed by atoms with Gasteiger partial charge < -0.3 is 10.0 Å². The van der Waals surface area contributed by atoms with E-state index in [1.165, 1.54) is 0 Å². The van der Waals surface area contributed by atoms with E-state index in [-0.39, 0.29) is 18.2 Å². The van der Waals surface area contributed by atoms with Crippen LogP contribution in [0.1, 0.15) is 43.6 Å². The van der Waals surface area contributed by atoms with Crippen LogP contribution in [0.25, 0.3) is 0 Å². The van der Waals surface area contributed by atoms with Gasteiger partial charge in [-0.1, -0.05) is 23.7 Å². The van der Waals surface area contributed by atoms with Gasteiger partial charge in [-0.05, 0) is 55.2 Å². The van der Waals surface area contributed by atoms with Crippen LogP contribution < -0.4 is 0 Å². The highest BCUT2D eigenvalue weighted by Gasteiger charge is 2.46. The molecular weight excluding hydrogens is 314 g/mol. The number of carbonyl (C=O) groups excluding carboxylic acids is 1. The first-order chi connectivity index (χ1) is 11.0. The molecule has 0 radical (unpaired) electrons. The Balaban J connectivity index is 1.55. The quantitative estimate of drug-likeness (QED) is 0.895. The first-order valence-electron chi connectivity index (χ1n) is 8.30. The SMILES string of the molecule is O=C(O)CC[C@@H]1CCCN(C(=O)[C@H]2C[C@H]2c2cccc(Cl)c2)C1. The lowest BCUT2D eigenvalue weighted by Gasteiger charge is -2.33. The summed E-state index contributed by atoms with van der Waals surface area (Å²) in [6, 6.07) is 7.77. The van der Waals surface area contributed by atoms with Crippen LogP contribution in [-0.2, 0) is 9.59 Å². The number of halogens is 1. The standard InChI is InChI=1S/C18H22ClNO3/c19-14-5-1-4-13(9-14)15-10-16(15)18(23)20-8-2-3-12(11-20)6-7-17(21)22/h1,4-5,9,12,15-16H,2-3,6-8,10-11H2,(H,21,22)/t12-,15-,16-/m0/s1. The molecule has 2 fully saturated rings. The summed E-state index contributed by atoms with van der Waals surface area (Å²) in [5.74, 6) is 0.172. The first-order valence-corrected chi connectivity index (χ1v) is 8.68. The molecule has 1 aromatic rings. The normalized spacial score (nSPS) is 26.8. The zero-order chi connectivity index (χ0) is 16.4. The average molecular weight is 336 g/mol. The lowest BCUT2D eigenvalue weighted by Crippen LogP contribution is -2.41. The fourth-order valence-electron chi connectivity index (χ4n) is 3.64. The van der Waals surface area contributed by atoms with E-state index in [2.05, 4.69) is 0 Å². The molecule has 1 aliphatic carbocycles. The van der Waals surface area contributed by atoms with Crippen molar-refractivity contribution in [3.8, 4) is 0 Å². The van der Waals surface area contributed by atoms with Gasteiger partial charge in [-0.15, -0.1) is 0 Å². The second-order valence-corrected chi connectivity index (χ2v) is 7.17. The lowest BCUT2D eigenvalue weighted by atomic mass is 9.93. The minimum atomic E-state index is -0.753. The van der Waals surface area contributed by atoms with Crippen LogP contribution in [-0.4, -0.2) is 35.0 Å². The molecule has 124 valence electrons. The number of carboxylic acid groups (broad SMARTS) is 1. The van der Waals surface area contributed by atoms with Crippen molar-refractivity contribution in [1.82, 2.24) is 4.90 Å². The fourth-order valence-corrected chi connectivity index (χ4v) is 3.84. The third kappa shape index (κ3) is 4.05. The highest BCUT2D eigenvalue weighted by molar-refractivity contribution is 6.30. The molecule has 0 spiro atoms. The van der Waals surface area contributed by atoms with E-state index in [0.29, 0.717) is 29.8 Å². The maximum Gasteiger partial charge on any atom is 0.303 e. The van der Waals surface area contributed by atoms with Gasteiger partial charge in [-0.2, -0.15) is 0 Å². The molecule has 3 atom stereocenters. The average Bonchev–Trinajstić information content (AvgIpc) is 3.33. The van der Waals surface area contributed by atoms with E-state index >= 15 is 0 Å². The van der Waals surface area contributed by atoms with Crippen molar-refractivity contribution in [1.29, 1.82) is 0 Å². The molecule has 0 unspecified atom stereocenters. The van der Waals surface area contributed by atoms with Gasteiger partial charge in [0.25, 0.3) is 0 Å². The number of carbonyl (C=O) groups is 2. The van der Waals surface area contributed by atoms with Gasteiger partial charge in [0.1, 0.15) is 0 Å². The van der Waals surface area contributed by atoms with E-state index in [4.69, 9.17) is 16.7 Å². The maximum atomic E-state index is 12.7. The highest BCUT2D eigenvalue weighted by Crippen LogP contribution is 2.49. The Kier molecular flexibility index (Phi) is 4.90. The molecule has 1 aliphatic heterocycles. The van der Waals surface area contributed by atoms with Gasteiger partial charge >= 0.3 is 5.97 Å². The minimum absolute atomic E-state index is 0.0756. The molecule has 5 heteroatoms. The number of rotatable bonds is 5. The van der Waals surface area contributed by atoms with Crippen LogP contribution in [0.5, 0.6) is 0 Å². The summed E-state index contributed by atoms with van der Waals surface area (Å²) >= 11 is 6.03. The lowest BCUT2D eigenvalue weighted by molar-refractivity contribution is -0.137. The largest absolute Gasteiger partial charge is 0.481 e. The fraction of sp³-hybridized carbons (Fsp3) is 0.556. The van der Waals surface area contributed by atoms with E-state index in [0.717, 1.165) is 31.4 Å². The van der Waals surface area contributed by atoms with Crippen LogP contribution in [0.2, 0.25) is 5.02 Å². The zero-order valence-corrected chi connectivity index (χ0v) is 13.8. The number of aliphatic carboxylic acids is 1. The van der Waals surface area contributed by atoms with Crippen molar-refractivity contribution in [2.24, 2.45) is 11.8 Å². The molecule has 0 bridgehead atoms. The van der Waals surface area contributed by atoms with E-state index in [1.807, 2.05) is 29.2 Å². The van der Waals surface area contributed by atoms with Gasteiger partial charge in [-0.3, -0.25) is 9.59 Å². The van der Waals surface area contributed by atoms with E-state index in [9.17, 15) is 9.59 Å². The molecule has 1 saturated carbocycles. The predicted molar refractivity (Wildman–Crippen MR) is 88.5 cm³/mol. The van der Waals surface area contributed by atoms with Crippen LogP contribution in [0.3, 0.4) is 0 Å². The smallest absolute Gasteiger partial charge is 0.303 e. The summed E-state index contributed by atoms with van der Waals surface area (Å²) in [6.07, 6.45) is 3.77. The number of hydrogen-bond donors (Lipinski definition) is 1. The van der Waals surface area contributed by atoms with Gasteiger partial charge in [0, 0.05) is 30.5 Å². The number of amides is 1. The molecular formula is C18H22ClNO3. The summed E-state index contributed by atoms with van der Waals surface area (Å²) < 4.78 is 0. The molecule has 4 nitrogen and oxygen atoms in total. The maximum absolute atomic E-state index is 12.7. The second-order valence-electron chi connectivity index (χ2n) is 6.73. The third-order valence-electron chi connectivity index (χ3n) is 4.98. The van der Waals surface area contributed by atoms with Crippen molar-refractivity contribution in [2.45, 2.75) is 38.0 Å². The molecule has 1 N–H and O–H groups in total. The van der Waals surface area contributed by atoms with E-state index < -0.39 is 5.97 Å². The Morgan fingerprint density at radius 2 is 2.17 bits per heavy atom. The number of benzene rings is 1. The number of hydrogen-bond acceptors (Lipinski definition) is 2. The van der Waals surface area contributed by atoms with Crippen molar-refractivity contribution in [3.63, 3.8) is 0 Å². The Labute approximate surface area is 141 Å². The first kappa shape index (κ1) is 16.3. The molecule has 0 aromatic heterocycles. The molecule has 1 amide bonds. The van der Waals surface area contributed by atoms with Crippen molar-refractivity contribution < 1.29 is 14.7 Å². The van der Waals surface area contributed by atoms with E-state index in [1.54, 1.807) is 0 Å². The Morgan fingerprint density at radius 1 is 1.35 bits per heavy atom. The Bertz CT molecular complexity index is 604. The molecule has 1 heterocycles. The number of carboxylic acids is 1. The Hall–Kier alpha value is -1.55. The van der Waals surface area contributed by atoms with Gasteiger partial charge in [-0.25, -0.2) is 0 Å². The van der Waals surface area contributed by atoms with Crippen LogP contribution in [0.15, 0.2) is 24.3 Å². The summed E-state index contributed by atoms with van der Waals surface area (Å²) in [5.41, 5.74) is 1.15. The van der Waals surface area contributed by atoms with Crippen molar-refractivity contribution in [2.75, 3.05) is 13.1 Å². The summed E-state index contributed by atoms with van der Waals surface area (Å²) in [7, 11) is 0. The summed E-state index contributed by atoms with van der Waals surface area (Å²) in [4.78, 5) is 25.4. The third-order valence-corrected chi connectivity index (χ3v) is 5.22. The number of nitrogens with zero attached hydrogens (tertiary/aromatic N) is 1. The molecule has 3 rings (SSSR count). The summed E-state index contributed by atoms with van der Waals surface area (Å²) in [6.45, 7) is 1.52. The van der Waals surface area contributed by atoms with Crippen LogP contribution in [0.4, 0.5) is 0 Å².